The van der Waals surface area contributed by atoms with Crippen LogP contribution in [0, 0.1) is 5.92 Å². The van der Waals surface area contributed by atoms with Gasteiger partial charge in [-0.25, -0.2) is 0 Å². The van der Waals surface area contributed by atoms with Crippen molar-refractivity contribution in [2.24, 2.45) is 5.92 Å². The number of ether oxygens (including phenoxy) is 2. The monoisotopic (exact) mass is 375 g/mol. The molecule has 3 aromatic rings. The number of likely N-dealkylation sites (tertiary alicyclic amines) is 1. The quantitative estimate of drug-likeness (QED) is 0.626. The van der Waals surface area contributed by atoms with Gasteiger partial charge in [0.25, 0.3) is 0 Å². The van der Waals surface area contributed by atoms with Gasteiger partial charge in [0.2, 0.25) is 0 Å². The number of hydrogen-bond acceptors (Lipinski definition) is 4. The zero-order valence-corrected chi connectivity index (χ0v) is 16.3. The van der Waals surface area contributed by atoms with Crippen molar-refractivity contribution in [3.05, 3.63) is 77.9 Å². The summed E-state index contributed by atoms with van der Waals surface area (Å²) in [5, 5.41) is 2.21. The second-order valence-electron chi connectivity index (χ2n) is 7.33. The summed E-state index contributed by atoms with van der Waals surface area (Å²) < 4.78 is 11.0. The molecule has 0 unspecified atom stereocenters. The zero-order valence-electron chi connectivity index (χ0n) is 16.3. The van der Waals surface area contributed by atoms with E-state index in [0.29, 0.717) is 6.54 Å². The van der Waals surface area contributed by atoms with Crippen LogP contribution in [-0.4, -0.2) is 38.2 Å². The smallest absolute Gasteiger partial charge is 0.310 e. The second kappa shape index (κ2) is 8.03. The third-order valence-electron chi connectivity index (χ3n) is 5.66. The van der Waals surface area contributed by atoms with Gasteiger partial charge in [-0.3, -0.25) is 9.69 Å². The molecular formula is C24H25NO3. The van der Waals surface area contributed by atoms with E-state index in [0.717, 1.165) is 35.2 Å². The Balaban J connectivity index is 1.70. The number of fused-ring (bicyclic) bond motifs is 1. The molecule has 2 atom stereocenters. The highest BCUT2D eigenvalue weighted by Gasteiger charge is 2.40. The Kier molecular flexibility index (Phi) is 5.31. The molecule has 1 aliphatic rings. The lowest BCUT2D eigenvalue weighted by Crippen LogP contribution is -2.24. The van der Waals surface area contributed by atoms with Crippen LogP contribution in [0.2, 0.25) is 0 Å². The Hall–Kier alpha value is -2.85. The van der Waals surface area contributed by atoms with E-state index >= 15 is 0 Å². The van der Waals surface area contributed by atoms with Crippen LogP contribution < -0.4 is 4.74 Å². The van der Waals surface area contributed by atoms with Crippen molar-refractivity contribution in [3.63, 3.8) is 0 Å². The lowest BCUT2D eigenvalue weighted by atomic mass is 9.87. The van der Waals surface area contributed by atoms with Crippen molar-refractivity contribution in [3.8, 4) is 5.75 Å². The minimum atomic E-state index is -0.205. The SMILES string of the molecule is COC(=O)[C@H]1CN(Cc2ccccc2)C[C@@H]1c1ccc2ccccc2c1OC. The summed E-state index contributed by atoms with van der Waals surface area (Å²) in [6.07, 6.45) is 0. The van der Waals surface area contributed by atoms with Gasteiger partial charge in [0.05, 0.1) is 20.1 Å². The molecule has 0 spiro atoms. The lowest BCUT2D eigenvalue weighted by Gasteiger charge is -2.21. The van der Waals surface area contributed by atoms with Crippen LogP contribution in [-0.2, 0) is 16.1 Å². The first kappa shape index (κ1) is 18.5. The molecule has 0 aliphatic carbocycles. The highest BCUT2D eigenvalue weighted by atomic mass is 16.5. The highest BCUT2D eigenvalue weighted by molar-refractivity contribution is 5.90. The van der Waals surface area contributed by atoms with Gasteiger partial charge >= 0.3 is 5.97 Å². The molecule has 28 heavy (non-hydrogen) atoms. The minimum Gasteiger partial charge on any atom is -0.496 e. The normalized spacial score (nSPS) is 19.6. The second-order valence-corrected chi connectivity index (χ2v) is 7.33. The van der Waals surface area contributed by atoms with Crippen molar-refractivity contribution in [2.45, 2.75) is 12.5 Å². The third-order valence-corrected chi connectivity index (χ3v) is 5.66. The maximum absolute atomic E-state index is 12.6. The van der Waals surface area contributed by atoms with Crippen LogP contribution in [0.1, 0.15) is 17.0 Å². The number of carbonyl (C=O) groups is 1. The molecule has 144 valence electrons. The van der Waals surface area contributed by atoms with Gasteiger partial charge < -0.3 is 9.47 Å². The first-order chi connectivity index (χ1) is 13.7. The fourth-order valence-corrected chi connectivity index (χ4v) is 4.34. The molecule has 0 saturated carbocycles. The van der Waals surface area contributed by atoms with Gasteiger partial charge in [0.1, 0.15) is 5.75 Å². The van der Waals surface area contributed by atoms with Crippen molar-refractivity contribution >= 4 is 16.7 Å². The molecule has 0 amide bonds. The van der Waals surface area contributed by atoms with Gasteiger partial charge in [0, 0.05) is 36.5 Å². The molecule has 0 bridgehead atoms. The fraction of sp³-hybridized carbons (Fsp3) is 0.292. The molecule has 0 N–H and O–H groups in total. The summed E-state index contributed by atoms with van der Waals surface area (Å²) in [6, 6.07) is 22.8. The summed E-state index contributed by atoms with van der Waals surface area (Å²) in [6.45, 7) is 2.30. The molecule has 1 heterocycles. The standard InChI is InChI=1S/C24H25NO3/c1-27-23-19-11-7-6-10-18(19)12-13-20(23)21-15-25(16-22(21)24(26)28-2)14-17-8-4-3-5-9-17/h3-13,21-22H,14-16H2,1-2H3/t21-,22+/m1/s1. The molecular weight excluding hydrogens is 350 g/mol. The number of rotatable bonds is 5. The summed E-state index contributed by atoms with van der Waals surface area (Å²) in [4.78, 5) is 14.9. The van der Waals surface area contributed by atoms with E-state index in [4.69, 9.17) is 9.47 Å². The minimum absolute atomic E-state index is 0.0377. The van der Waals surface area contributed by atoms with Crippen LogP contribution in [0.5, 0.6) is 5.75 Å². The predicted octanol–water partition coefficient (Wildman–Crippen LogP) is 4.24. The summed E-state index contributed by atoms with van der Waals surface area (Å²) in [7, 11) is 3.17. The maximum atomic E-state index is 12.6. The number of carbonyl (C=O) groups excluding carboxylic acids is 1. The van der Waals surface area contributed by atoms with Gasteiger partial charge in [-0.05, 0) is 10.9 Å². The van der Waals surface area contributed by atoms with Crippen molar-refractivity contribution < 1.29 is 14.3 Å². The van der Waals surface area contributed by atoms with Crippen molar-refractivity contribution in [2.75, 3.05) is 27.3 Å². The molecule has 0 radical (unpaired) electrons. The van der Waals surface area contributed by atoms with Gasteiger partial charge in [0.15, 0.2) is 0 Å². The molecule has 3 aromatic carbocycles. The van der Waals surface area contributed by atoms with E-state index in [1.807, 2.05) is 30.3 Å². The Labute approximate surface area is 165 Å². The summed E-state index contributed by atoms with van der Waals surface area (Å²) in [5.74, 6) is 0.536. The molecule has 1 aliphatic heterocycles. The Morgan fingerprint density at radius 3 is 2.46 bits per heavy atom. The first-order valence-corrected chi connectivity index (χ1v) is 9.61. The van der Waals surface area contributed by atoms with E-state index in [-0.39, 0.29) is 17.8 Å². The average molecular weight is 375 g/mol. The van der Waals surface area contributed by atoms with Gasteiger partial charge in [-0.1, -0.05) is 66.7 Å². The first-order valence-electron chi connectivity index (χ1n) is 9.61. The molecule has 0 aromatic heterocycles. The largest absolute Gasteiger partial charge is 0.496 e. The van der Waals surface area contributed by atoms with Crippen LogP contribution in [0.3, 0.4) is 0 Å². The van der Waals surface area contributed by atoms with Crippen molar-refractivity contribution in [1.29, 1.82) is 0 Å². The molecule has 1 fully saturated rings. The number of methoxy groups -OCH3 is 2. The summed E-state index contributed by atoms with van der Waals surface area (Å²) >= 11 is 0. The number of benzene rings is 3. The van der Waals surface area contributed by atoms with Crippen LogP contribution in [0.25, 0.3) is 10.8 Å². The number of nitrogens with zero attached hydrogens (tertiary/aromatic N) is 1. The zero-order chi connectivity index (χ0) is 19.5. The Morgan fingerprint density at radius 1 is 0.964 bits per heavy atom. The average Bonchev–Trinajstić information content (AvgIpc) is 3.16. The van der Waals surface area contributed by atoms with E-state index in [1.54, 1.807) is 7.11 Å². The van der Waals surface area contributed by atoms with E-state index in [9.17, 15) is 4.79 Å². The molecule has 4 heteroatoms. The molecule has 4 nitrogen and oxygen atoms in total. The molecule has 1 saturated heterocycles. The van der Waals surface area contributed by atoms with Crippen molar-refractivity contribution in [1.82, 2.24) is 4.90 Å². The Morgan fingerprint density at radius 2 is 1.71 bits per heavy atom. The maximum Gasteiger partial charge on any atom is 0.310 e. The number of esters is 1. The van der Waals surface area contributed by atoms with E-state index < -0.39 is 0 Å². The predicted molar refractivity (Wildman–Crippen MR) is 110 cm³/mol. The lowest BCUT2D eigenvalue weighted by molar-refractivity contribution is -0.145. The number of hydrogen-bond donors (Lipinski definition) is 0. The van der Waals surface area contributed by atoms with Gasteiger partial charge in [-0.15, -0.1) is 0 Å². The van der Waals surface area contributed by atoms with Crippen LogP contribution in [0.15, 0.2) is 66.7 Å². The van der Waals surface area contributed by atoms with E-state index in [2.05, 4.69) is 41.3 Å². The van der Waals surface area contributed by atoms with E-state index in [1.165, 1.54) is 12.7 Å². The summed E-state index contributed by atoms with van der Waals surface area (Å²) in [5.41, 5.74) is 2.32. The molecule has 4 rings (SSSR count). The van der Waals surface area contributed by atoms with Crippen LogP contribution in [0.4, 0.5) is 0 Å². The fourth-order valence-electron chi connectivity index (χ4n) is 4.34. The third kappa shape index (κ3) is 3.48. The Bertz CT molecular complexity index is 970. The van der Waals surface area contributed by atoms with Gasteiger partial charge in [-0.2, -0.15) is 0 Å². The topological polar surface area (TPSA) is 38.8 Å². The highest BCUT2D eigenvalue weighted by Crippen LogP contribution is 2.41. The van der Waals surface area contributed by atoms with Crippen LogP contribution >= 0.6 is 0 Å².